The Bertz CT molecular complexity index is 577. The molecular weight excluding hydrogens is 326 g/mol. The van der Waals surface area contributed by atoms with Gasteiger partial charge in [-0.15, -0.1) is 0 Å². The van der Waals surface area contributed by atoms with Crippen molar-refractivity contribution in [2.75, 3.05) is 0 Å². The molecule has 0 aliphatic carbocycles. The first-order valence-corrected chi connectivity index (χ1v) is 12.2. The van der Waals surface area contributed by atoms with Gasteiger partial charge in [0, 0.05) is 0 Å². The lowest BCUT2D eigenvalue weighted by Gasteiger charge is -2.43. The number of rotatable bonds is 4. The number of hydrogen-bond donors (Lipinski definition) is 1. The predicted molar refractivity (Wildman–Crippen MR) is 109 cm³/mol. The average molecular weight is 366 g/mol. The van der Waals surface area contributed by atoms with Crippen LogP contribution >= 0.6 is 0 Å². The molecule has 0 aromatic carbocycles. The number of aliphatic hydroxyl groups excluding tert-OH is 1. The summed E-state index contributed by atoms with van der Waals surface area (Å²) in [5.74, 6) is 0. The van der Waals surface area contributed by atoms with Gasteiger partial charge in [0.25, 0.3) is 0 Å². The highest BCUT2D eigenvalue weighted by Gasteiger charge is 2.42. The second-order valence-corrected chi connectivity index (χ2v) is 15.6. The highest BCUT2D eigenvalue weighted by molar-refractivity contribution is 6.74. The van der Waals surface area contributed by atoms with Crippen molar-refractivity contribution in [2.45, 2.75) is 92.7 Å². The van der Waals surface area contributed by atoms with Gasteiger partial charge in [-0.3, -0.25) is 4.98 Å². The summed E-state index contributed by atoms with van der Waals surface area (Å²) in [6, 6.07) is 5.92. The average Bonchev–Trinajstić information content (AvgIpc) is 2.40. The third kappa shape index (κ3) is 5.63. The Morgan fingerprint density at radius 1 is 0.880 bits per heavy atom. The third-order valence-electron chi connectivity index (χ3n) is 5.17. The van der Waals surface area contributed by atoms with Crippen LogP contribution in [0.25, 0.3) is 0 Å². The van der Waals surface area contributed by atoms with Crippen molar-refractivity contribution >= 4 is 8.32 Å². The smallest absolute Gasteiger partial charge is 0.193 e. The number of aromatic nitrogens is 1. The summed E-state index contributed by atoms with van der Waals surface area (Å²) in [4.78, 5) is 4.82. The highest BCUT2D eigenvalue weighted by Crippen LogP contribution is 2.45. The van der Waals surface area contributed by atoms with Gasteiger partial charge >= 0.3 is 0 Å². The van der Waals surface area contributed by atoms with Gasteiger partial charge in [-0.2, -0.15) is 0 Å². The Kier molecular flexibility index (Phi) is 6.36. The van der Waals surface area contributed by atoms with Gasteiger partial charge in [0.2, 0.25) is 0 Å². The van der Waals surface area contributed by atoms with Crippen molar-refractivity contribution in [1.82, 2.24) is 4.98 Å². The third-order valence-corrected chi connectivity index (χ3v) is 9.60. The maximum Gasteiger partial charge on any atom is 0.193 e. The molecule has 0 unspecified atom stereocenters. The van der Waals surface area contributed by atoms with Gasteiger partial charge in [0.15, 0.2) is 8.32 Å². The summed E-state index contributed by atoms with van der Waals surface area (Å²) in [7, 11) is -1.94. The van der Waals surface area contributed by atoms with E-state index in [0.717, 1.165) is 11.4 Å². The molecule has 0 saturated heterocycles. The van der Waals surface area contributed by atoms with Crippen LogP contribution in [0.5, 0.6) is 0 Å². The maximum absolute atomic E-state index is 10.6. The Hall–Kier alpha value is -0.713. The van der Waals surface area contributed by atoms with Crippen molar-refractivity contribution < 1.29 is 9.53 Å². The van der Waals surface area contributed by atoms with Crippen LogP contribution in [0.4, 0.5) is 0 Å². The summed E-state index contributed by atoms with van der Waals surface area (Å²) < 4.78 is 6.77. The van der Waals surface area contributed by atoms with Crippen LogP contribution in [0.3, 0.4) is 0 Å². The van der Waals surface area contributed by atoms with Gasteiger partial charge in [0.1, 0.15) is 6.10 Å². The zero-order valence-electron chi connectivity index (χ0n) is 18.2. The number of aliphatic hydroxyl groups is 1. The van der Waals surface area contributed by atoms with E-state index in [1.165, 1.54) is 0 Å². The van der Waals surface area contributed by atoms with E-state index in [4.69, 9.17) is 9.41 Å². The summed E-state index contributed by atoms with van der Waals surface area (Å²) in [6.45, 7) is 24.0. The summed E-state index contributed by atoms with van der Waals surface area (Å²) in [5, 5.41) is 10.8. The number of nitrogens with zero attached hydrogens (tertiary/aromatic N) is 1. The minimum atomic E-state index is -1.94. The lowest BCUT2D eigenvalue weighted by molar-refractivity contribution is 0.0533. The van der Waals surface area contributed by atoms with E-state index in [9.17, 15) is 5.11 Å². The van der Waals surface area contributed by atoms with E-state index in [-0.39, 0.29) is 22.0 Å². The van der Waals surface area contributed by atoms with E-state index in [2.05, 4.69) is 54.6 Å². The molecule has 1 rings (SSSR count). The van der Waals surface area contributed by atoms with E-state index in [1.54, 1.807) is 0 Å². The molecule has 0 radical (unpaired) electrons. The summed E-state index contributed by atoms with van der Waals surface area (Å²) >= 11 is 0. The second-order valence-electron chi connectivity index (χ2n) is 10.9. The highest BCUT2D eigenvalue weighted by atomic mass is 28.4. The molecule has 3 nitrogen and oxygen atoms in total. The molecule has 1 aromatic rings. The Morgan fingerprint density at radius 3 is 1.76 bits per heavy atom. The largest absolute Gasteiger partial charge is 0.408 e. The normalized spacial score (nSPS) is 16.6. The molecule has 1 aromatic heterocycles. The standard InChI is InChI=1S/C21H39NO2Si/c1-19(2,3)17(23)15-13-12-14-16(22-15)18(20(4,5)6)24-25(10,11)21(7,8)9/h12-14,17-18,23H,1-11H3/t17-,18-/m0/s1. The van der Waals surface area contributed by atoms with Crippen LogP contribution in [0.15, 0.2) is 18.2 Å². The van der Waals surface area contributed by atoms with Crippen LogP contribution in [0.2, 0.25) is 18.1 Å². The topological polar surface area (TPSA) is 42.4 Å². The Labute approximate surface area is 156 Å². The molecule has 0 bridgehead atoms. The summed E-state index contributed by atoms with van der Waals surface area (Å²) in [6.07, 6.45) is -0.693. The van der Waals surface area contributed by atoms with Crippen molar-refractivity contribution in [3.8, 4) is 0 Å². The fourth-order valence-electron chi connectivity index (χ4n) is 2.36. The first-order chi connectivity index (χ1) is 11.0. The quantitative estimate of drug-likeness (QED) is 0.639. The second kappa shape index (κ2) is 7.13. The molecule has 1 N–H and O–H groups in total. The van der Waals surface area contributed by atoms with E-state index < -0.39 is 14.4 Å². The minimum absolute atomic E-state index is 0.0756. The van der Waals surface area contributed by atoms with Crippen molar-refractivity contribution in [3.63, 3.8) is 0 Å². The van der Waals surface area contributed by atoms with Gasteiger partial charge < -0.3 is 9.53 Å². The summed E-state index contributed by atoms with van der Waals surface area (Å²) in [5.41, 5.74) is 1.31. The van der Waals surface area contributed by atoms with E-state index in [0.29, 0.717) is 0 Å². The fourth-order valence-corrected chi connectivity index (χ4v) is 3.78. The van der Waals surface area contributed by atoms with Crippen LogP contribution in [-0.2, 0) is 4.43 Å². The molecule has 1 heterocycles. The number of hydrogen-bond acceptors (Lipinski definition) is 3. The van der Waals surface area contributed by atoms with Crippen molar-refractivity contribution in [2.24, 2.45) is 10.8 Å². The Balaban J connectivity index is 3.31. The fraction of sp³-hybridized carbons (Fsp3) is 0.762. The van der Waals surface area contributed by atoms with E-state index >= 15 is 0 Å². The molecule has 4 heteroatoms. The molecule has 2 atom stereocenters. The molecule has 0 aliphatic rings. The molecule has 0 fully saturated rings. The molecular formula is C21H39NO2Si. The molecule has 0 amide bonds. The van der Waals surface area contributed by atoms with Gasteiger partial charge in [0.05, 0.1) is 17.5 Å². The number of pyridine rings is 1. The van der Waals surface area contributed by atoms with Crippen LogP contribution in [-0.4, -0.2) is 18.4 Å². The zero-order chi connectivity index (χ0) is 19.8. The molecule has 0 saturated carbocycles. The lowest BCUT2D eigenvalue weighted by atomic mass is 9.85. The van der Waals surface area contributed by atoms with E-state index in [1.807, 2.05) is 39.0 Å². The SMILES string of the molecule is CC(C)(C)[C@@H](O)c1cccc([C@H](O[Si](C)(C)C(C)(C)C)C(C)(C)C)n1. The molecule has 144 valence electrons. The van der Waals surface area contributed by atoms with Crippen molar-refractivity contribution in [3.05, 3.63) is 29.6 Å². The molecule has 0 spiro atoms. The van der Waals surface area contributed by atoms with Crippen LogP contribution < -0.4 is 0 Å². The van der Waals surface area contributed by atoms with Gasteiger partial charge in [-0.1, -0.05) is 68.4 Å². The monoisotopic (exact) mass is 365 g/mol. The zero-order valence-corrected chi connectivity index (χ0v) is 19.2. The van der Waals surface area contributed by atoms with Gasteiger partial charge in [-0.05, 0) is 41.1 Å². The molecule has 25 heavy (non-hydrogen) atoms. The minimum Gasteiger partial charge on any atom is -0.408 e. The molecule has 0 aliphatic heterocycles. The van der Waals surface area contributed by atoms with Crippen molar-refractivity contribution in [1.29, 1.82) is 0 Å². The van der Waals surface area contributed by atoms with Crippen LogP contribution in [0.1, 0.15) is 85.9 Å². The van der Waals surface area contributed by atoms with Crippen LogP contribution in [0, 0.1) is 10.8 Å². The Morgan fingerprint density at radius 2 is 1.36 bits per heavy atom. The first kappa shape index (κ1) is 22.3. The van der Waals surface area contributed by atoms with Gasteiger partial charge in [-0.25, -0.2) is 0 Å². The predicted octanol–water partition coefficient (Wildman–Crippen LogP) is 6.27. The maximum atomic E-state index is 10.6. The lowest BCUT2D eigenvalue weighted by Crippen LogP contribution is -2.44. The first-order valence-electron chi connectivity index (χ1n) is 9.29.